The fraction of sp³-hybridized carbons (Fsp3) is 0.0500. The number of fused-ring (bicyclic) bond motifs is 12. The Morgan fingerprint density at radius 3 is 2.67 bits per heavy atom. The Morgan fingerprint density at radius 1 is 0.800 bits per heavy atom. The number of hydrogen-bond acceptors (Lipinski definition) is 3. The first kappa shape index (κ1) is 24.1. The minimum atomic E-state index is 0.437. The van der Waals surface area contributed by atoms with Crippen molar-refractivity contribution in [3.8, 4) is 22.6 Å². The predicted molar refractivity (Wildman–Crippen MR) is 191 cm³/mol. The molecule has 1 atom stereocenters. The molecule has 3 nitrogen and oxygen atoms in total. The fourth-order valence-corrected chi connectivity index (χ4v) is 9.39. The van der Waals surface area contributed by atoms with Gasteiger partial charge in [-0.15, -0.1) is 11.3 Å². The van der Waals surface area contributed by atoms with Crippen molar-refractivity contribution in [1.29, 1.82) is 0 Å². The minimum absolute atomic E-state index is 0.437. The molecule has 0 spiro atoms. The summed E-state index contributed by atoms with van der Waals surface area (Å²) in [6, 6.07) is 33.2. The van der Waals surface area contributed by atoms with E-state index in [9.17, 15) is 0 Å². The quantitative estimate of drug-likeness (QED) is 0.193. The standard InChI is InChI=1S/C40H25BN2OS/c1-2-10-23-20-31-27(19-22(23)9-1)25-12-7-13-26(37(25)42-31)28-21-29-24-11-3-6-18-35(24)45-40(29)39-36(28)41-30-14-8-17-34-38(30)43(39)32-15-4-5-16-33(32)44-34/h1-19,21,23,41-42H,20H2. The van der Waals surface area contributed by atoms with Crippen molar-refractivity contribution in [2.24, 2.45) is 5.92 Å². The van der Waals surface area contributed by atoms with E-state index in [2.05, 4.69) is 131 Å². The van der Waals surface area contributed by atoms with Crippen molar-refractivity contribution >= 4 is 83.8 Å². The molecule has 0 saturated heterocycles. The average Bonchev–Trinajstić information content (AvgIpc) is 3.64. The first-order valence-electron chi connectivity index (χ1n) is 15.7. The first-order chi connectivity index (χ1) is 22.3. The number of allylic oxidation sites excluding steroid dienone is 5. The maximum Gasteiger partial charge on any atom is 0.198 e. The Balaban J connectivity index is 1.25. The number of aromatic nitrogens is 1. The van der Waals surface area contributed by atoms with Crippen molar-refractivity contribution < 1.29 is 4.74 Å². The molecule has 11 rings (SSSR count). The van der Waals surface area contributed by atoms with E-state index in [1.807, 2.05) is 11.3 Å². The van der Waals surface area contributed by atoms with Gasteiger partial charge in [0.15, 0.2) is 18.8 Å². The Kier molecular flexibility index (Phi) is 4.65. The highest BCUT2D eigenvalue weighted by Gasteiger charge is 2.37. The number of benzene rings is 5. The number of thiophene rings is 1. The normalized spacial score (nSPS) is 16.8. The topological polar surface area (TPSA) is 28.3 Å². The van der Waals surface area contributed by atoms with Gasteiger partial charge in [-0.3, -0.25) is 0 Å². The van der Waals surface area contributed by atoms with Crippen LogP contribution in [0.15, 0.2) is 121 Å². The predicted octanol–water partition coefficient (Wildman–Crippen LogP) is 9.16. The van der Waals surface area contributed by atoms with Crippen LogP contribution in [-0.4, -0.2) is 12.3 Å². The SMILES string of the molecule is B1c2cccc3c2N(c2ccccc2O3)c2c1c(-c1cccc3c4c([nH]c13)CC1C=CC=CC1=C4)cc1c2sc2ccccc21. The summed E-state index contributed by atoms with van der Waals surface area (Å²) in [6.45, 7) is 0. The summed E-state index contributed by atoms with van der Waals surface area (Å²) < 4.78 is 9.16. The minimum Gasteiger partial charge on any atom is -0.453 e. The number of ether oxygens (including phenoxy) is 1. The summed E-state index contributed by atoms with van der Waals surface area (Å²) in [5.41, 5.74) is 14.1. The van der Waals surface area contributed by atoms with Gasteiger partial charge in [0.2, 0.25) is 0 Å². The first-order valence-corrected chi connectivity index (χ1v) is 16.5. The third-order valence-corrected chi connectivity index (χ3v) is 11.3. The highest BCUT2D eigenvalue weighted by Crippen LogP contribution is 2.54. The van der Waals surface area contributed by atoms with Crippen LogP contribution in [0.5, 0.6) is 11.5 Å². The van der Waals surface area contributed by atoms with Crippen molar-refractivity contribution in [3.63, 3.8) is 0 Å². The molecule has 2 aromatic heterocycles. The Hall–Kier alpha value is -5.26. The molecule has 0 amide bonds. The van der Waals surface area contributed by atoms with Crippen LogP contribution in [0.1, 0.15) is 11.3 Å². The second kappa shape index (κ2) is 8.68. The fourth-order valence-electron chi connectivity index (χ4n) is 8.14. The molecule has 4 aliphatic rings. The van der Waals surface area contributed by atoms with Crippen molar-refractivity contribution in [2.75, 3.05) is 4.90 Å². The van der Waals surface area contributed by atoms with Gasteiger partial charge < -0.3 is 14.6 Å². The van der Waals surface area contributed by atoms with Gasteiger partial charge in [-0.2, -0.15) is 0 Å². The zero-order chi connectivity index (χ0) is 29.2. The smallest absolute Gasteiger partial charge is 0.198 e. The van der Waals surface area contributed by atoms with Gasteiger partial charge in [-0.05, 0) is 59.4 Å². The second-order valence-corrected chi connectivity index (χ2v) is 13.6. The largest absolute Gasteiger partial charge is 0.453 e. The zero-order valence-electron chi connectivity index (χ0n) is 24.3. The molecule has 5 aromatic carbocycles. The Bertz CT molecular complexity index is 2550. The van der Waals surface area contributed by atoms with Crippen LogP contribution in [0.3, 0.4) is 0 Å². The lowest BCUT2D eigenvalue weighted by molar-refractivity contribution is 0.477. The summed E-state index contributed by atoms with van der Waals surface area (Å²) in [7, 11) is 0.846. The monoisotopic (exact) mass is 592 g/mol. The molecule has 2 aliphatic heterocycles. The number of H-pyrrole nitrogens is 1. The van der Waals surface area contributed by atoms with Gasteiger partial charge >= 0.3 is 0 Å². The molecule has 2 aliphatic carbocycles. The molecule has 7 aromatic rings. The molecule has 0 radical (unpaired) electrons. The summed E-state index contributed by atoms with van der Waals surface area (Å²) in [5, 5.41) is 3.93. The molecular weight excluding hydrogens is 567 g/mol. The summed E-state index contributed by atoms with van der Waals surface area (Å²) >= 11 is 1.90. The van der Waals surface area contributed by atoms with Gasteiger partial charge in [0.05, 0.1) is 27.3 Å². The maximum atomic E-state index is 6.51. The van der Waals surface area contributed by atoms with Crippen LogP contribution < -0.4 is 20.6 Å². The van der Waals surface area contributed by atoms with E-state index < -0.39 is 0 Å². The second-order valence-electron chi connectivity index (χ2n) is 12.5. The van der Waals surface area contributed by atoms with Crippen LogP contribution in [-0.2, 0) is 6.42 Å². The molecule has 45 heavy (non-hydrogen) atoms. The van der Waals surface area contributed by atoms with Crippen LogP contribution in [0.4, 0.5) is 17.1 Å². The Morgan fingerprint density at radius 2 is 1.67 bits per heavy atom. The number of hydrogen-bond donors (Lipinski definition) is 1. The lowest BCUT2D eigenvalue weighted by Gasteiger charge is -2.39. The van der Waals surface area contributed by atoms with Gasteiger partial charge in [0.25, 0.3) is 0 Å². The van der Waals surface area contributed by atoms with E-state index in [1.54, 1.807) is 0 Å². The van der Waals surface area contributed by atoms with Crippen LogP contribution in [0, 0.1) is 5.92 Å². The zero-order valence-corrected chi connectivity index (χ0v) is 25.1. The molecule has 1 unspecified atom stereocenters. The van der Waals surface area contributed by atoms with Gasteiger partial charge in [-0.25, -0.2) is 0 Å². The number of aromatic amines is 1. The molecule has 5 heteroatoms. The maximum absolute atomic E-state index is 6.51. The molecule has 1 N–H and O–H groups in total. The van der Waals surface area contributed by atoms with E-state index in [0.717, 1.165) is 30.9 Å². The van der Waals surface area contributed by atoms with Crippen LogP contribution >= 0.6 is 11.3 Å². The highest BCUT2D eigenvalue weighted by molar-refractivity contribution is 7.26. The lowest BCUT2D eigenvalue weighted by Crippen LogP contribution is -2.42. The van der Waals surface area contributed by atoms with Crippen LogP contribution in [0.25, 0.3) is 48.3 Å². The number of nitrogens with one attached hydrogen (secondary N) is 1. The average molecular weight is 593 g/mol. The molecule has 0 bridgehead atoms. The molecule has 210 valence electrons. The number of rotatable bonds is 1. The van der Waals surface area contributed by atoms with E-state index in [-0.39, 0.29) is 0 Å². The van der Waals surface area contributed by atoms with E-state index >= 15 is 0 Å². The number of anilines is 3. The lowest BCUT2D eigenvalue weighted by atomic mass is 9.58. The summed E-state index contributed by atoms with van der Waals surface area (Å²) in [4.78, 5) is 6.45. The van der Waals surface area contributed by atoms with Crippen molar-refractivity contribution in [3.05, 3.63) is 132 Å². The van der Waals surface area contributed by atoms with Crippen LogP contribution in [0.2, 0.25) is 0 Å². The molecular formula is C40H25BN2OS. The van der Waals surface area contributed by atoms with E-state index in [4.69, 9.17) is 4.74 Å². The van der Waals surface area contributed by atoms with Gasteiger partial charge in [0, 0.05) is 43.6 Å². The van der Waals surface area contributed by atoms with E-state index in [0.29, 0.717) is 5.92 Å². The highest BCUT2D eigenvalue weighted by atomic mass is 32.1. The third kappa shape index (κ3) is 3.21. The molecule has 0 fully saturated rings. The Labute approximate surface area is 264 Å². The summed E-state index contributed by atoms with van der Waals surface area (Å²) in [6.07, 6.45) is 12.4. The molecule has 4 heterocycles. The molecule has 0 saturated carbocycles. The van der Waals surface area contributed by atoms with Crippen molar-refractivity contribution in [2.45, 2.75) is 6.42 Å². The number of para-hydroxylation sites is 4. The van der Waals surface area contributed by atoms with E-state index in [1.165, 1.54) is 81.3 Å². The summed E-state index contributed by atoms with van der Waals surface area (Å²) in [5.74, 6) is 2.26. The third-order valence-electron chi connectivity index (χ3n) is 10.1. The van der Waals surface area contributed by atoms with Crippen molar-refractivity contribution in [1.82, 2.24) is 4.98 Å². The number of nitrogens with zero attached hydrogens (tertiary/aromatic N) is 1. The van der Waals surface area contributed by atoms with Gasteiger partial charge in [-0.1, -0.05) is 90.4 Å². The van der Waals surface area contributed by atoms with Gasteiger partial charge in [0.1, 0.15) is 0 Å².